The lowest BCUT2D eigenvalue weighted by Crippen LogP contribution is -2.24. The molecule has 98 valence electrons. The van der Waals surface area contributed by atoms with Crippen molar-refractivity contribution in [2.75, 3.05) is 13.7 Å². The molecule has 1 heterocycles. The number of amides is 1. The largest absolute Gasteiger partial charge is 0.496 e. The van der Waals surface area contributed by atoms with Crippen molar-refractivity contribution in [3.63, 3.8) is 0 Å². The van der Waals surface area contributed by atoms with Crippen molar-refractivity contribution >= 4 is 5.91 Å². The highest BCUT2D eigenvalue weighted by atomic mass is 16.5. The molecule has 1 aliphatic rings. The van der Waals surface area contributed by atoms with E-state index in [1.807, 2.05) is 23.1 Å². The molecule has 1 aromatic rings. The van der Waals surface area contributed by atoms with Gasteiger partial charge in [0, 0.05) is 25.1 Å². The number of rotatable bonds is 4. The molecule has 1 aromatic carbocycles. The van der Waals surface area contributed by atoms with E-state index in [1.54, 1.807) is 14.0 Å². The summed E-state index contributed by atoms with van der Waals surface area (Å²) in [6.45, 7) is 3.09. The molecule has 0 bridgehead atoms. The number of likely N-dealkylation sites (tertiary alicyclic amines) is 1. The van der Waals surface area contributed by atoms with Gasteiger partial charge in [-0.15, -0.1) is 0 Å². The molecule has 1 N–H and O–H groups in total. The van der Waals surface area contributed by atoms with E-state index in [1.165, 1.54) is 0 Å². The van der Waals surface area contributed by atoms with Crippen LogP contribution in [0, 0.1) is 0 Å². The molecule has 4 nitrogen and oxygen atoms in total. The van der Waals surface area contributed by atoms with Crippen LogP contribution < -0.4 is 4.74 Å². The summed E-state index contributed by atoms with van der Waals surface area (Å²) in [5.74, 6) is 0.957. The number of hydrogen-bond acceptors (Lipinski definition) is 3. The number of hydrogen-bond donors (Lipinski definition) is 1. The van der Waals surface area contributed by atoms with Gasteiger partial charge in [0.15, 0.2) is 0 Å². The number of aliphatic hydroxyl groups excluding tert-OH is 1. The highest BCUT2D eigenvalue weighted by Gasteiger charge is 2.21. The van der Waals surface area contributed by atoms with Gasteiger partial charge in [0.2, 0.25) is 5.91 Å². The summed E-state index contributed by atoms with van der Waals surface area (Å²) in [7, 11) is 1.62. The average Bonchev–Trinajstić information content (AvgIpc) is 2.75. The van der Waals surface area contributed by atoms with E-state index in [2.05, 4.69) is 0 Å². The number of nitrogens with zero attached hydrogens (tertiary/aromatic N) is 1. The van der Waals surface area contributed by atoms with Gasteiger partial charge in [0.05, 0.1) is 13.2 Å². The van der Waals surface area contributed by atoms with E-state index >= 15 is 0 Å². The summed E-state index contributed by atoms with van der Waals surface area (Å²) in [6, 6.07) is 5.60. The van der Waals surface area contributed by atoms with E-state index in [0.717, 1.165) is 29.8 Å². The minimum atomic E-state index is -0.510. The number of carbonyl (C=O) groups excluding carboxylic acids is 1. The van der Waals surface area contributed by atoms with E-state index in [4.69, 9.17) is 4.74 Å². The summed E-state index contributed by atoms with van der Waals surface area (Å²) in [6.07, 6.45) is 1.05. The molecule has 0 aromatic heterocycles. The standard InChI is InChI=1S/C14H19NO3/c1-10(16)11-5-6-13(18-2)12(8-11)9-15-7-3-4-14(15)17/h5-6,8,10,16H,3-4,7,9H2,1-2H3. The monoisotopic (exact) mass is 249 g/mol. The predicted molar refractivity (Wildman–Crippen MR) is 68.3 cm³/mol. The van der Waals surface area contributed by atoms with Crippen molar-refractivity contribution < 1.29 is 14.6 Å². The van der Waals surface area contributed by atoms with Crippen LogP contribution in [0.3, 0.4) is 0 Å². The van der Waals surface area contributed by atoms with Crippen molar-refractivity contribution in [2.45, 2.75) is 32.4 Å². The second-order valence-electron chi connectivity index (χ2n) is 4.67. The maximum Gasteiger partial charge on any atom is 0.222 e. The van der Waals surface area contributed by atoms with Crippen LogP contribution in [-0.4, -0.2) is 29.6 Å². The molecule has 1 unspecified atom stereocenters. The molecule has 4 heteroatoms. The average molecular weight is 249 g/mol. The topological polar surface area (TPSA) is 49.8 Å². The van der Waals surface area contributed by atoms with E-state index in [9.17, 15) is 9.90 Å². The molecule has 18 heavy (non-hydrogen) atoms. The highest BCUT2D eigenvalue weighted by molar-refractivity contribution is 5.78. The van der Waals surface area contributed by atoms with Gasteiger partial charge in [-0.05, 0) is 31.0 Å². The van der Waals surface area contributed by atoms with E-state index in [0.29, 0.717) is 13.0 Å². The molecule has 1 amide bonds. The van der Waals surface area contributed by atoms with Crippen LogP contribution in [0.4, 0.5) is 0 Å². The molecule has 2 rings (SSSR count). The maximum absolute atomic E-state index is 11.6. The molecule has 1 atom stereocenters. The number of carbonyl (C=O) groups is 1. The van der Waals surface area contributed by atoms with E-state index in [-0.39, 0.29) is 5.91 Å². The van der Waals surface area contributed by atoms with Gasteiger partial charge in [-0.3, -0.25) is 4.79 Å². The van der Waals surface area contributed by atoms with Crippen LogP contribution >= 0.6 is 0 Å². The fraction of sp³-hybridized carbons (Fsp3) is 0.500. The predicted octanol–water partition coefficient (Wildman–Crippen LogP) is 1.87. The third kappa shape index (κ3) is 2.64. The van der Waals surface area contributed by atoms with Crippen molar-refractivity contribution in [1.29, 1.82) is 0 Å². The van der Waals surface area contributed by atoms with Gasteiger partial charge < -0.3 is 14.7 Å². The van der Waals surface area contributed by atoms with Crippen LogP contribution in [-0.2, 0) is 11.3 Å². The first-order chi connectivity index (χ1) is 8.61. The Morgan fingerprint density at radius 1 is 1.50 bits per heavy atom. The lowest BCUT2D eigenvalue weighted by molar-refractivity contribution is -0.128. The third-order valence-corrected chi connectivity index (χ3v) is 3.32. The van der Waals surface area contributed by atoms with Crippen LogP contribution in [0.1, 0.15) is 37.0 Å². The maximum atomic E-state index is 11.6. The number of aliphatic hydroxyl groups is 1. The minimum absolute atomic E-state index is 0.194. The molecule has 1 saturated heterocycles. The fourth-order valence-corrected chi connectivity index (χ4v) is 2.26. The molecule has 0 saturated carbocycles. The minimum Gasteiger partial charge on any atom is -0.496 e. The fourth-order valence-electron chi connectivity index (χ4n) is 2.26. The highest BCUT2D eigenvalue weighted by Crippen LogP contribution is 2.26. The van der Waals surface area contributed by atoms with Gasteiger partial charge in [-0.25, -0.2) is 0 Å². The zero-order valence-corrected chi connectivity index (χ0v) is 10.8. The second kappa shape index (κ2) is 5.40. The first kappa shape index (κ1) is 12.9. The quantitative estimate of drug-likeness (QED) is 0.886. The Bertz CT molecular complexity index is 443. The molecule has 0 radical (unpaired) electrons. The SMILES string of the molecule is COc1ccc(C(C)O)cc1CN1CCCC1=O. The van der Waals surface area contributed by atoms with Crippen molar-refractivity contribution in [3.05, 3.63) is 29.3 Å². The van der Waals surface area contributed by atoms with Crippen LogP contribution in [0.25, 0.3) is 0 Å². The molecular formula is C14H19NO3. The number of benzene rings is 1. The molecule has 0 aliphatic carbocycles. The Labute approximate surface area is 107 Å². The summed E-state index contributed by atoms with van der Waals surface area (Å²) in [5, 5.41) is 9.60. The van der Waals surface area contributed by atoms with Crippen LogP contribution in [0.15, 0.2) is 18.2 Å². The van der Waals surface area contributed by atoms with Gasteiger partial charge in [0.25, 0.3) is 0 Å². The first-order valence-corrected chi connectivity index (χ1v) is 6.24. The Balaban J connectivity index is 2.23. The molecule has 1 aliphatic heterocycles. The smallest absolute Gasteiger partial charge is 0.222 e. The summed E-state index contributed by atoms with van der Waals surface area (Å²) in [4.78, 5) is 13.5. The molecule has 0 spiro atoms. The molecule has 1 fully saturated rings. The Morgan fingerprint density at radius 3 is 2.83 bits per heavy atom. The summed E-state index contributed by atoms with van der Waals surface area (Å²) >= 11 is 0. The van der Waals surface area contributed by atoms with Crippen LogP contribution in [0.5, 0.6) is 5.75 Å². The summed E-state index contributed by atoms with van der Waals surface area (Å²) in [5.41, 5.74) is 1.79. The Kier molecular flexibility index (Phi) is 3.87. The molecular weight excluding hydrogens is 230 g/mol. The van der Waals surface area contributed by atoms with Gasteiger partial charge in [-0.1, -0.05) is 6.07 Å². The lowest BCUT2D eigenvalue weighted by atomic mass is 10.1. The van der Waals surface area contributed by atoms with Gasteiger partial charge in [-0.2, -0.15) is 0 Å². The Hall–Kier alpha value is -1.55. The summed E-state index contributed by atoms with van der Waals surface area (Å²) < 4.78 is 5.31. The first-order valence-electron chi connectivity index (χ1n) is 6.24. The zero-order chi connectivity index (χ0) is 13.1. The number of ether oxygens (including phenoxy) is 1. The third-order valence-electron chi connectivity index (χ3n) is 3.32. The van der Waals surface area contributed by atoms with Gasteiger partial charge >= 0.3 is 0 Å². The van der Waals surface area contributed by atoms with Crippen LogP contribution in [0.2, 0.25) is 0 Å². The second-order valence-corrected chi connectivity index (χ2v) is 4.67. The van der Waals surface area contributed by atoms with Gasteiger partial charge in [0.1, 0.15) is 5.75 Å². The number of methoxy groups -OCH3 is 1. The Morgan fingerprint density at radius 2 is 2.28 bits per heavy atom. The van der Waals surface area contributed by atoms with Crippen molar-refractivity contribution in [3.8, 4) is 5.75 Å². The lowest BCUT2D eigenvalue weighted by Gasteiger charge is -2.19. The zero-order valence-electron chi connectivity index (χ0n) is 10.8. The normalized spacial score (nSPS) is 17.1. The van der Waals surface area contributed by atoms with Crippen molar-refractivity contribution in [2.24, 2.45) is 0 Å². The van der Waals surface area contributed by atoms with Crippen molar-refractivity contribution in [1.82, 2.24) is 4.90 Å². The van der Waals surface area contributed by atoms with E-state index < -0.39 is 6.10 Å².